The molecule has 0 radical (unpaired) electrons. The Labute approximate surface area is 170 Å². The van der Waals surface area contributed by atoms with Crippen LogP contribution in [0.25, 0.3) is 0 Å². The topological polar surface area (TPSA) is 61.4 Å². The zero-order valence-corrected chi connectivity index (χ0v) is 18.1. The summed E-state index contributed by atoms with van der Waals surface area (Å²) in [6, 6.07) is 6.74. The fraction of sp³-hybridized carbons (Fsp3) is 0.667. The molecule has 1 aliphatic rings. The first-order valence-electron chi connectivity index (χ1n) is 10.1. The van der Waals surface area contributed by atoms with Gasteiger partial charge in [0.2, 0.25) is 0 Å². The van der Waals surface area contributed by atoms with Gasteiger partial charge in [-0.1, -0.05) is 12.1 Å². The molecule has 0 saturated carbocycles. The molecule has 1 saturated heterocycles. The Bertz CT molecular complexity index is 615. The number of guanidine groups is 1. The first kappa shape index (κ1) is 22.5. The Hall–Kier alpha value is -1.83. The van der Waals surface area contributed by atoms with Crippen LogP contribution in [0.1, 0.15) is 18.1 Å². The summed E-state index contributed by atoms with van der Waals surface area (Å²) < 4.78 is 11.0. The molecule has 7 heteroatoms. The summed E-state index contributed by atoms with van der Waals surface area (Å²) in [7, 11) is 5.67. The number of methoxy groups -OCH3 is 1. The van der Waals surface area contributed by atoms with Crippen LogP contribution in [0.15, 0.2) is 23.2 Å². The lowest BCUT2D eigenvalue weighted by Gasteiger charge is -2.36. The maximum Gasteiger partial charge on any atom is 0.191 e. The van der Waals surface area contributed by atoms with Crippen LogP contribution in [0.2, 0.25) is 0 Å². The zero-order valence-electron chi connectivity index (χ0n) is 18.1. The number of aryl methyl sites for hydroxylation is 1. The molecule has 28 heavy (non-hydrogen) atoms. The molecule has 0 spiro atoms. The van der Waals surface area contributed by atoms with Gasteiger partial charge >= 0.3 is 0 Å². The van der Waals surface area contributed by atoms with Gasteiger partial charge in [-0.3, -0.25) is 9.89 Å². The summed E-state index contributed by atoms with van der Waals surface area (Å²) >= 11 is 0. The van der Waals surface area contributed by atoms with Crippen LogP contribution < -0.4 is 15.4 Å². The van der Waals surface area contributed by atoms with E-state index in [2.05, 4.69) is 64.5 Å². The number of likely N-dealkylation sites (N-methyl/N-ethyl adjacent to an activating group) is 1. The average Bonchev–Trinajstić information content (AvgIpc) is 2.70. The van der Waals surface area contributed by atoms with Gasteiger partial charge in [0, 0.05) is 65.0 Å². The van der Waals surface area contributed by atoms with E-state index < -0.39 is 0 Å². The predicted octanol–water partition coefficient (Wildman–Crippen LogP) is 1.32. The molecule has 2 rings (SSSR count). The van der Waals surface area contributed by atoms with E-state index in [9.17, 15) is 0 Å². The second kappa shape index (κ2) is 11.9. The SMILES string of the molecule is CN=C(NCc1ccc(C)cc1OCCOC)NCC(C)N1CCN(C)CC1. The van der Waals surface area contributed by atoms with Crippen molar-refractivity contribution >= 4 is 5.96 Å². The van der Waals surface area contributed by atoms with Crippen LogP contribution in [0, 0.1) is 6.92 Å². The van der Waals surface area contributed by atoms with Gasteiger partial charge in [0.1, 0.15) is 12.4 Å². The van der Waals surface area contributed by atoms with E-state index in [0.717, 1.165) is 50.0 Å². The summed E-state index contributed by atoms with van der Waals surface area (Å²) in [5.41, 5.74) is 2.29. The standard InChI is InChI=1S/C21H37N5O2/c1-17-6-7-19(20(14-17)28-13-12-27-5)16-24-21(22-3)23-15-18(2)26-10-8-25(4)9-11-26/h6-7,14,18H,8-13,15-16H2,1-5H3,(H2,22,23,24). The normalized spacial score (nSPS) is 17.4. The second-order valence-electron chi connectivity index (χ2n) is 7.45. The lowest BCUT2D eigenvalue weighted by atomic mass is 10.1. The zero-order chi connectivity index (χ0) is 20.4. The molecule has 0 amide bonds. The number of benzene rings is 1. The molecule has 2 N–H and O–H groups in total. The minimum Gasteiger partial charge on any atom is -0.491 e. The number of hydrogen-bond donors (Lipinski definition) is 2. The smallest absolute Gasteiger partial charge is 0.191 e. The van der Waals surface area contributed by atoms with E-state index in [1.165, 1.54) is 5.56 Å². The third-order valence-corrected chi connectivity index (χ3v) is 5.16. The van der Waals surface area contributed by atoms with E-state index in [-0.39, 0.29) is 0 Å². The summed E-state index contributed by atoms with van der Waals surface area (Å²) in [6.07, 6.45) is 0. The van der Waals surface area contributed by atoms with Gasteiger partial charge in [-0.15, -0.1) is 0 Å². The first-order chi connectivity index (χ1) is 13.5. The molecule has 1 aromatic carbocycles. The van der Waals surface area contributed by atoms with Crippen LogP contribution in [-0.4, -0.2) is 88.9 Å². The number of ether oxygens (including phenoxy) is 2. The molecular weight excluding hydrogens is 354 g/mol. The molecule has 1 heterocycles. The lowest BCUT2D eigenvalue weighted by molar-refractivity contribution is 0.120. The van der Waals surface area contributed by atoms with E-state index in [1.807, 2.05) is 0 Å². The third kappa shape index (κ3) is 7.30. The molecule has 7 nitrogen and oxygen atoms in total. The highest BCUT2D eigenvalue weighted by Crippen LogP contribution is 2.20. The Morgan fingerprint density at radius 3 is 2.61 bits per heavy atom. The van der Waals surface area contributed by atoms with Crippen molar-refractivity contribution in [3.05, 3.63) is 29.3 Å². The van der Waals surface area contributed by atoms with Gasteiger partial charge in [0.15, 0.2) is 5.96 Å². The number of aliphatic imine (C=N–C) groups is 1. The van der Waals surface area contributed by atoms with Crippen LogP contribution in [0.3, 0.4) is 0 Å². The summed E-state index contributed by atoms with van der Waals surface area (Å²) in [4.78, 5) is 9.27. The van der Waals surface area contributed by atoms with Crippen molar-refractivity contribution in [2.75, 3.05) is 67.1 Å². The molecule has 1 atom stereocenters. The minimum absolute atomic E-state index is 0.472. The van der Waals surface area contributed by atoms with Gasteiger partial charge in [-0.25, -0.2) is 0 Å². The van der Waals surface area contributed by atoms with E-state index in [1.54, 1.807) is 14.2 Å². The summed E-state index contributed by atoms with van der Waals surface area (Å²) in [6.45, 7) is 11.5. The van der Waals surface area contributed by atoms with Crippen molar-refractivity contribution in [3.8, 4) is 5.75 Å². The Morgan fingerprint density at radius 1 is 1.18 bits per heavy atom. The maximum atomic E-state index is 5.87. The maximum absolute atomic E-state index is 5.87. The molecule has 0 bridgehead atoms. The second-order valence-corrected chi connectivity index (χ2v) is 7.45. The molecule has 0 aliphatic carbocycles. The Kier molecular flexibility index (Phi) is 9.54. The molecule has 1 aliphatic heterocycles. The van der Waals surface area contributed by atoms with Crippen LogP contribution in [0.4, 0.5) is 0 Å². The fourth-order valence-electron chi connectivity index (χ4n) is 3.21. The van der Waals surface area contributed by atoms with Crippen molar-refractivity contribution in [3.63, 3.8) is 0 Å². The van der Waals surface area contributed by atoms with Gasteiger partial charge in [-0.05, 0) is 32.5 Å². The van der Waals surface area contributed by atoms with Gasteiger partial charge in [-0.2, -0.15) is 0 Å². The summed E-state index contributed by atoms with van der Waals surface area (Å²) in [5, 5.41) is 6.86. The van der Waals surface area contributed by atoms with Crippen molar-refractivity contribution in [2.45, 2.75) is 26.4 Å². The lowest BCUT2D eigenvalue weighted by Crippen LogP contribution is -2.52. The van der Waals surface area contributed by atoms with E-state index >= 15 is 0 Å². The Morgan fingerprint density at radius 2 is 1.93 bits per heavy atom. The van der Waals surface area contributed by atoms with Crippen LogP contribution >= 0.6 is 0 Å². The van der Waals surface area contributed by atoms with E-state index in [4.69, 9.17) is 9.47 Å². The van der Waals surface area contributed by atoms with Crippen molar-refractivity contribution < 1.29 is 9.47 Å². The van der Waals surface area contributed by atoms with E-state index in [0.29, 0.717) is 25.8 Å². The molecule has 1 aromatic rings. The fourth-order valence-corrected chi connectivity index (χ4v) is 3.21. The van der Waals surface area contributed by atoms with Gasteiger partial charge < -0.3 is 25.0 Å². The Balaban J connectivity index is 1.83. The largest absolute Gasteiger partial charge is 0.491 e. The highest BCUT2D eigenvalue weighted by atomic mass is 16.5. The monoisotopic (exact) mass is 391 g/mol. The molecule has 0 aromatic heterocycles. The number of hydrogen-bond acceptors (Lipinski definition) is 5. The average molecular weight is 392 g/mol. The van der Waals surface area contributed by atoms with Crippen molar-refractivity contribution in [2.24, 2.45) is 4.99 Å². The number of rotatable bonds is 9. The highest BCUT2D eigenvalue weighted by molar-refractivity contribution is 5.79. The highest BCUT2D eigenvalue weighted by Gasteiger charge is 2.19. The molecule has 1 fully saturated rings. The predicted molar refractivity (Wildman–Crippen MR) is 115 cm³/mol. The van der Waals surface area contributed by atoms with Crippen LogP contribution in [0.5, 0.6) is 5.75 Å². The molecular formula is C21H37N5O2. The van der Waals surface area contributed by atoms with Gasteiger partial charge in [0.25, 0.3) is 0 Å². The minimum atomic E-state index is 0.472. The van der Waals surface area contributed by atoms with Crippen LogP contribution in [-0.2, 0) is 11.3 Å². The van der Waals surface area contributed by atoms with Crippen molar-refractivity contribution in [1.29, 1.82) is 0 Å². The first-order valence-corrected chi connectivity index (χ1v) is 10.1. The number of piperazine rings is 1. The third-order valence-electron chi connectivity index (χ3n) is 5.16. The number of nitrogens with zero attached hydrogens (tertiary/aromatic N) is 3. The summed E-state index contributed by atoms with van der Waals surface area (Å²) in [5.74, 6) is 1.70. The quantitative estimate of drug-likeness (QED) is 0.376. The number of nitrogens with one attached hydrogen (secondary N) is 2. The molecule has 158 valence electrons. The molecule has 1 unspecified atom stereocenters. The van der Waals surface area contributed by atoms with Crippen molar-refractivity contribution in [1.82, 2.24) is 20.4 Å². The van der Waals surface area contributed by atoms with Gasteiger partial charge in [0.05, 0.1) is 6.61 Å².